The molecule has 1 N–H and O–H groups in total. The summed E-state index contributed by atoms with van der Waals surface area (Å²) in [6.45, 7) is 9.37. The molecule has 0 aromatic rings. The fourth-order valence-electron chi connectivity index (χ4n) is 0.786. The van der Waals surface area contributed by atoms with Crippen LogP contribution in [0.1, 0.15) is 27.7 Å². The van der Waals surface area contributed by atoms with Crippen molar-refractivity contribution in [3.8, 4) is 0 Å². The number of nitrogens with zero attached hydrogens (tertiary/aromatic N) is 1. The van der Waals surface area contributed by atoms with Gasteiger partial charge in [-0.05, 0) is 27.3 Å². The zero-order valence-electron chi connectivity index (χ0n) is 6.81. The van der Waals surface area contributed by atoms with Crippen molar-refractivity contribution in [1.29, 1.82) is 0 Å². The average molecular weight is 131 g/mol. The van der Waals surface area contributed by atoms with Crippen LogP contribution in [-0.2, 0) is 0 Å². The van der Waals surface area contributed by atoms with Crippen molar-refractivity contribution >= 4 is 0 Å². The molecule has 9 heavy (non-hydrogen) atoms. The van der Waals surface area contributed by atoms with Gasteiger partial charge >= 0.3 is 0 Å². The molecule has 0 bridgehead atoms. The first-order valence-electron chi connectivity index (χ1n) is 3.38. The van der Waals surface area contributed by atoms with Crippen molar-refractivity contribution in [2.24, 2.45) is 0 Å². The molecule has 0 aliphatic rings. The average Bonchev–Trinajstić information content (AvgIpc) is 1.65. The highest BCUT2D eigenvalue weighted by Gasteiger charge is 2.17. The van der Waals surface area contributed by atoms with Gasteiger partial charge in [0.05, 0.1) is 6.73 Å². The Hall–Kier alpha value is -0.0800. The van der Waals surface area contributed by atoms with Gasteiger partial charge in [-0.2, -0.15) is 0 Å². The van der Waals surface area contributed by atoms with E-state index in [2.05, 4.69) is 20.8 Å². The van der Waals surface area contributed by atoms with Gasteiger partial charge in [0, 0.05) is 5.54 Å². The van der Waals surface area contributed by atoms with Crippen molar-refractivity contribution in [2.75, 3.05) is 13.3 Å². The Morgan fingerprint density at radius 2 is 1.78 bits per heavy atom. The third-order valence-corrected chi connectivity index (χ3v) is 1.50. The smallest absolute Gasteiger partial charge is 0.0960 e. The van der Waals surface area contributed by atoms with Gasteiger partial charge in [0.25, 0.3) is 0 Å². The van der Waals surface area contributed by atoms with Crippen LogP contribution in [0, 0.1) is 0 Å². The third kappa shape index (κ3) is 2.82. The van der Waals surface area contributed by atoms with Crippen LogP contribution in [-0.4, -0.2) is 28.8 Å². The van der Waals surface area contributed by atoms with Crippen LogP contribution < -0.4 is 0 Å². The quantitative estimate of drug-likeness (QED) is 0.566. The normalized spacial score (nSPS) is 12.7. The summed E-state index contributed by atoms with van der Waals surface area (Å²) in [5.74, 6) is 0. The van der Waals surface area contributed by atoms with Gasteiger partial charge in [0.15, 0.2) is 0 Å². The Labute approximate surface area is 57.5 Å². The van der Waals surface area contributed by atoms with Gasteiger partial charge in [-0.25, -0.2) is 0 Å². The molecular weight excluding hydrogens is 114 g/mol. The van der Waals surface area contributed by atoms with E-state index in [4.69, 9.17) is 5.11 Å². The number of aliphatic hydroxyl groups excluding tert-OH is 1. The minimum Gasteiger partial charge on any atom is -0.381 e. The van der Waals surface area contributed by atoms with Crippen LogP contribution >= 0.6 is 0 Å². The SMILES string of the molecule is CCN(CO)C(C)(C)C. The molecule has 0 atom stereocenters. The Morgan fingerprint density at radius 1 is 1.33 bits per heavy atom. The summed E-state index contributed by atoms with van der Waals surface area (Å²) >= 11 is 0. The van der Waals surface area contributed by atoms with Gasteiger partial charge in [0.2, 0.25) is 0 Å². The highest BCUT2D eigenvalue weighted by Crippen LogP contribution is 2.10. The summed E-state index contributed by atoms with van der Waals surface area (Å²) in [6.07, 6.45) is 0. The van der Waals surface area contributed by atoms with Crippen molar-refractivity contribution in [1.82, 2.24) is 4.90 Å². The summed E-state index contributed by atoms with van der Waals surface area (Å²) in [5, 5.41) is 8.79. The molecule has 0 fully saturated rings. The van der Waals surface area contributed by atoms with Crippen LogP contribution in [0.25, 0.3) is 0 Å². The zero-order valence-corrected chi connectivity index (χ0v) is 6.81. The van der Waals surface area contributed by atoms with Gasteiger partial charge < -0.3 is 5.11 Å². The molecule has 2 heteroatoms. The Morgan fingerprint density at radius 3 is 1.78 bits per heavy atom. The molecule has 0 heterocycles. The summed E-state index contributed by atoms with van der Waals surface area (Å²) in [7, 11) is 0. The van der Waals surface area contributed by atoms with E-state index in [1.54, 1.807) is 0 Å². The molecule has 56 valence electrons. The maximum absolute atomic E-state index is 8.79. The largest absolute Gasteiger partial charge is 0.381 e. The molecule has 0 aliphatic carbocycles. The molecule has 0 saturated carbocycles. The summed E-state index contributed by atoms with van der Waals surface area (Å²) in [4.78, 5) is 1.99. The molecule has 0 aromatic heterocycles. The number of aliphatic hydroxyl groups is 1. The van der Waals surface area contributed by atoms with Crippen molar-refractivity contribution in [3.05, 3.63) is 0 Å². The predicted octanol–water partition coefficient (Wildman–Crippen LogP) is 1.06. The maximum atomic E-state index is 8.79. The third-order valence-electron chi connectivity index (χ3n) is 1.50. The van der Waals surface area contributed by atoms with Gasteiger partial charge in [-0.3, -0.25) is 4.90 Å². The van der Waals surface area contributed by atoms with E-state index < -0.39 is 0 Å². The molecule has 0 radical (unpaired) electrons. The Bertz CT molecular complexity index is 71.5. The summed E-state index contributed by atoms with van der Waals surface area (Å²) in [5.41, 5.74) is 0.101. The first kappa shape index (κ1) is 8.92. The van der Waals surface area contributed by atoms with E-state index >= 15 is 0 Å². The second kappa shape index (κ2) is 3.18. The summed E-state index contributed by atoms with van der Waals surface area (Å²) in [6, 6.07) is 0. The van der Waals surface area contributed by atoms with Crippen molar-refractivity contribution < 1.29 is 5.11 Å². The van der Waals surface area contributed by atoms with Gasteiger partial charge in [-0.15, -0.1) is 0 Å². The van der Waals surface area contributed by atoms with Crippen LogP contribution in [0.15, 0.2) is 0 Å². The number of hydrogen-bond donors (Lipinski definition) is 1. The van der Waals surface area contributed by atoms with E-state index in [0.717, 1.165) is 6.54 Å². The molecule has 0 aliphatic heterocycles. The summed E-state index contributed by atoms with van der Waals surface area (Å²) < 4.78 is 0. The number of hydrogen-bond acceptors (Lipinski definition) is 2. The molecule has 0 spiro atoms. The monoisotopic (exact) mass is 131 g/mol. The maximum Gasteiger partial charge on any atom is 0.0960 e. The predicted molar refractivity (Wildman–Crippen MR) is 39.2 cm³/mol. The topological polar surface area (TPSA) is 23.5 Å². The molecule has 0 unspecified atom stereocenters. The molecule has 2 nitrogen and oxygen atoms in total. The fraction of sp³-hybridized carbons (Fsp3) is 1.00. The molecule has 0 amide bonds. The molecule has 0 rings (SSSR count). The van der Waals surface area contributed by atoms with E-state index in [1.165, 1.54) is 0 Å². The Balaban J connectivity index is 3.79. The fourth-order valence-corrected chi connectivity index (χ4v) is 0.786. The van der Waals surface area contributed by atoms with Gasteiger partial charge in [-0.1, -0.05) is 6.92 Å². The van der Waals surface area contributed by atoms with Crippen LogP contribution in [0.5, 0.6) is 0 Å². The van der Waals surface area contributed by atoms with E-state index in [1.807, 2.05) is 11.8 Å². The minimum absolute atomic E-state index is 0.101. The van der Waals surface area contributed by atoms with E-state index in [-0.39, 0.29) is 12.3 Å². The van der Waals surface area contributed by atoms with Crippen LogP contribution in [0.4, 0.5) is 0 Å². The number of rotatable bonds is 2. The molecule has 0 saturated heterocycles. The minimum atomic E-state index is 0.101. The van der Waals surface area contributed by atoms with Crippen molar-refractivity contribution in [2.45, 2.75) is 33.2 Å². The van der Waals surface area contributed by atoms with Crippen LogP contribution in [0.2, 0.25) is 0 Å². The Kier molecular flexibility index (Phi) is 3.15. The lowest BCUT2D eigenvalue weighted by Gasteiger charge is -2.32. The first-order valence-corrected chi connectivity index (χ1v) is 3.38. The van der Waals surface area contributed by atoms with E-state index in [0.29, 0.717) is 0 Å². The van der Waals surface area contributed by atoms with E-state index in [9.17, 15) is 0 Å². The lowest BCUT2D eigenvalue weighted by atomic mass is 10.1. The first-order chi connectivity index (χ1) is 4.02. The molecular formula is C7H17NO. The molecule has 0 aromatic carbocycles. The second-order valence-corrected chi connectivity index (χ2v) is 3.17. The lowest BCUT2D eigenvalue weighted by Crippen LogP contribution is -2.41. The highest BCUT2D eigenvalue weighted by molar-refractivity contribution is 4.71. The second-order valence-electron chi connectivity index (χ2n) is 3.17. The van der Waals surface area contributed by atoms with Gasteiger partial charge in [0.1, 0.15) is 0 Å². The van der Waals surface area contributed by atoms with Crippen molar-refractivity contribution in [3.63, 3.8) is 0 Å². The lowest BCUT2D eigenvalue weighted by molar-refractivity contribution is 0.0384. The zero-order chi connectivity index (χ0) is 7.49. The standard InChI is InChI=1S/C7H17NO/c1-5-8(6-9)7(2,3)4/h9H,5-6H2,1-4H3. The van der Waals surface area contributed by atoms with Crippen LogP contribution in [0.3, 0.4) is 0 Å². The highest BCUT2D eigenvalue weighted by atomic mass is 16.3.